The molecule has 29 heavy (non-hydrogen) atoms. The van der Waals surface area contributed by atoms with Crippen molar-refractivity contribution in [1.29, 1.82) is 0 Å². The smallest absolute Gasteiger partial charge is 0.171 e. The van der Waals surface area contributed by atoms with E-state index in [0.29, 0.717) is 12.2 Å². The Morgan fingerprint density at radius 3 is 2.41 bits per heavy atom. The number of halogens is 1. The topological polar surface area (TPSA) is 27.7 Å². The molecule has 0 N–H and O–H groups in total. The second-order valence-corrected chi connectivity index (χ2v) is 7.72. The van der Waals surface area contributed by atoms with E-state index in [2.05, 4.69) is 24.3 Å². The third kappa shape index (κ3) is 4.00. The monoisotopic (exact) mass is 394 g/mol. The Bertz CT molecular complexity index is 977. The van der Waals surface area contributed by atoms with Crippen LogP contribution in [0.3, 0.4) is 0 Å². The van der Waals surface area contributed by atoms with Crippen molar-refractivity contribution >= 4 is 10.8 Å². The van der Waals surface area contributed by atoms with Gasteiger partial charge in [-0.25, -0.2) is 4.39 Å². The number of hydrogen-bond donors (Lipinski definition) is 0. The van der Waals surface area contributed by atoms with Crippen LogP contribution < -0.4 is 4.74 Å². The molecular weight excluding hydrogens is 367 g/mol. The van der Waals surface area contributed by atoms with E-state index in [-0.39, 0.29) is 17.7 Å². The number of fused-ring (bicyclic) bond motifs is 1. The minimum Gasteiger partial charge on any atom is -0.486 e. The van der Waals surface area contributed by atoms with E-state index in [4.69, 9.17) is 14.2 Å². The van der Waals surface area contributed by atoms with Gasteiger partial charge in [0.2, 0.25) is 0 Å². The van der Waals surface area contributed by atoms with Gasteiger partial charge in [0, 0.05) is 19.8 Å². The molecule has 1 fully saturated rings. The van der Waals surface area contributed by atoms with Crippen molar-refractivity contribution in [3.63, 3.8) is 0 Å². The number of hydrogen-bond acceptors (Lipinski definition) is 3. The molecule has 1 aliphatic rings. The molecule has 0 saturated heterocycles. The molecule has 3 aromatic carbocycles. The first-order valence-electron chi connectivity index (χ1n) is 10.1. The van der Waals surface area contributed by atoms with E-state index in [1.54, 1.807) is 20.3 Å². The van der Waals surface area contributed by atoms with Crippen LogP contribution in [-0.2, 0) is 21.7 Å². The summed E-state index contributed by atoms with van der Waals surface area (Å²) >= 11 is 0. The van der Waals surface area contributed by atoms with Gasteiger partial charge in [0.25, 0.3) is 0 Å². The van der Waals surface area contributed by atoms with E-state index in [1.807, 2.05) is 30.3 Å². The average Bonchev–Trinajstić information content (AvgIpc) is 2.78. The van der Waals surface area contributed by atoms with Gasteiger partial charge >= 0.3 is 0 Å². The summed E-state index contributed by atoms with van der Waals surface area (Å²) in [6, 6.07) is 19.7. The van der Waals surface area contributed by atoms with Crippen LogP contribution in [0.15, 0.2) is 60.7 Å². The highest BCUT2D eigenvalue weighted by atomic mass is 19.1. The first-order valence-corrected chi connectivity index (χ1v) is 10.1. The van der Waals surface area contributed by atoms with Crippen molar-refractivity contribution in [2.45, 2.75) is 44.0 Å². The van der Waals surface area contributed by atoms with Gasteiger partial charge in [-0.05, 0) is 54.2 Å². The van der Waals surface area contributed by atoms with Gasteiger partial charge < -0.3 is 14.2 Å². The van der Waals surface area contributed by atoms with Crippen LogP contribution in [-0.4, -0.2) is 20.3 Å². The van der Waals surface area contributed by atoms with Crippen molar-refractivity contribution in [2.75, 3.05) is 14.2 Å². The molecule has 0 aromatic heterocycles. The lowest BCUT2D eigenvalue weighted by Gasteiger charge is -2.39. The number of ether oxygens (including phenoxy) is 3. The Morgan fingerprint density at radius 1 is 0.931 bits per heavy atom. The zero-order chi connectivity index (χ0) is 20.3. The van der Waals surface area contributed by atoms with Gasteiger partial charge in [0.15, 0.2) is 11.6 Å². The zero-order valence-corrected chi connectivity index (χ0v) is 17.0. The van der Waals surface area contributed by atoms with Gasteiger partial charge in [-0.1, -0.05) is 48.5 Å². The average molecular weight is 394 g/mol. The Morgan fingerprint density at radius 2 is 1.69 bits per heavy atom. The SMILES string of the molecule is COC1CCC(OC)(c2cccc(OCc3ccc4ccccc4c3)c2F)CC1. The molecule has 0 amide bonds. The Balaban J connectivity index is 1.54. The number of methoxy groups -OCH3 is 2. The van der Waals surface area contributed by atoms with Crippen molar-refractivity contribution in [2.24, 2.45) is 0 Å². The standard InChI is InChI=1S/C25H27FO3/c1-27-21-12-14-25(28-2,15-13-21)22-8-5-9-23(24(22)26)29-17-18-10-11-19-6-3-4-7-20(19)16-18/h3-11,16,21H,12-15,17H2,1-2H3. The molecule has 4 rings (SSSR count). The summed E-state index contributed by atoms with van der Waals surface area (Å²) in [6.07, 6.45) is 3.38. The summed E-state index contributed by atoms with van der Waals surface area (Å²) in [5.74, 6) is -0.0630. The van der Waals surface area contributed by atoms with Crippen LogP contribution in [0.4, 0.5) is 4.39 Å². The fourth-order valence-electron chi connectivity index (χ4n) is 4.34. The molecule has 0 spiro atoms. The van der Waals surface area contributed by atoms with Crippen molar-refractivity contribution in [3.05, 3.63) is 77.6 Å². The Labute approximate surface area is 171 Å². The molecule has 1 aliphatic carbocycles. The third-order valence-electron chi connectivity index (χ3n) is 6.13. The fourth-order valence-corrected chi connectivity index (χ4v) is 4.34. The number of rotatable bonds is 6. The van der Waals surface area contributed by atoms with E-state index in [0.717, 1.165) is 36.6 Å². The maximum Gasteiger partial charge on any atom is 0.171 e. The van der Waals surface area contributed by atoms with Gasteiger partial charge in [0.05, 0.1) is 11.7 Å². The van der Waals surface area contributed by atoms with Gasteiger partial charge in [-0.15, -0.1) is 0 Å². The van der Waals surface area contributed by atoms with Crippen LogP contribution in [0.25, 0.3) is 10.8 Å². The second kappa shape index (κ2) is 8.52. The molecular formula is C25H27FO3. The van der Waals surface area contributed by atoms with E-state index >= 15 is 4.39 Å². The summed E-state index contributed by atoms with van der Waals surface area (Å²) < 4.78 is 32.6. The molecule has 4 heteroatoms. The Hall–Kier alpha value is -2.43. The lowest BCUT2D eigenvalue weighted by atomic mass is 9.78. The van der Waals surface area contributed by atoms with Crippen LogP contribution in [0.5, 0.6) is 5.75 Å². The maximum atomic E-state index is 15.4. The summed E-state index contributed by atoms with van der Waals surface area (Å²) in [4.78, 5) is 0. The summed E-state index contributed by atoms with van der Waals surface area (Å²) in [6.45, 7) is 0.316. The Kier molecular flexibility index (Phi) is 5.84. The molecule has 1 saturated carbocycles. The molecule has 0 atom stereocenters. The predicted molar refractivity (Wildman–Crippen MR) is 113 cm³/mol. The molecule has 152 valence electrons. The normalized spacial score (nSPS) is 22.0. The van der Waals surface area contributed by atoms with Crippen LogP contribution >= 0.6 is 0 Å². The molecule has 0 unspecified atom stereocenters. The maximum absolute atomic E-state index is 15.4. The van der Waals surface area contributed by atoms with Gasteiger partial charge in [0.1, 0.15) is 6.61 Å². The zero-order valence-electron chi connectivity index (χ0n) is 17.0. The third-order valence-corrected chi connectivity index (χ3v) is 6.13. The highest BCUT2D eigenvalue weighted by Gasteiger charge is 2.39. The lowest BCUT2D eigenvalue weighted by molar-refractivity contribution is -0.0782. The highest BCUT2D eigenvalue weighted by Crippen LogP contribution is 2.43. The number of benzene rings is 3. The van der Waals surface area contributed by atoms with Gasteiger partial charge in [-0.3, -0.25) is 0 Å². The van der Waals surface area contributed by atoms with E-state index in [1.165, 1.54) is 5.39 Å². The van der Waals surface area contributed by atoms with Crippen LogP contribution in [0.1, 0.15) is 36.8 Å². The lowest BCUT2D eigenvalue weighted by Crippen LogP contribution is -2.36. The predicted octanol–water partition coefficient (Wildman–Crippen LogP) is 5.99. The molecule has 3 nitrogen and oxygen atoms in total. The van der Waals surface area contributed by atoms with Crippen molar-refractivity contribution in [3.8, 4) is 5.75 Å². The summed E-state index contributed by atoms with van der Waals surface area (Å²) in [7, 11) is 3.39. The molecule has 0 radical (unpaired) electrons. The van der Waals surface area contributed by atoms with Gasteiger partial charge in [-0.2, -0.15) is 0 Å². The summed E-state index contributed by atoms with van der Waals surface area (Å²) in [5, 5.41) is 2.33. The van der Waals surface area contributed by atoms with Crippen molar-refractivity contribution < 1.29 is 18.6 Å². The van der Waals surface area contributed by atoms with Crippen LogP contribution in [0, 0.1) is 5.82 Å². The largest absolute Gasteiger partial charge is 0.486 e. The van der Waals surface area contributed by atoms with E-state index in [9.17, 15) is 0 Å². The molecule has 3 aromatic rings. The first kappa shape index (κ1) is 19.9. The highest BCUT2D eigenvalue weighted by molar-refractivity contribution is 5.82. The minimum absolute atomic E-state index is 0.216. The summed E-state index contributed by atoms with van der Waals surface area (Å²) in [5.41, 5.74) is 0.961. The quantitative estimate of drug-likeness (QED) is 0.514. The van der Waals surface area contributed by atoms with E-state index < -0.39 is 5.60 Å². The fraction of sp³-hybridized carbons (Fsp3) is 0.360. The van der Waals surface area contributed by atoms with Crippen LogP contribution in [0.2, 0.25) is 0 Å². The van der Waals surface area contributed by atoms with Crippen molar-refractivity contribution in [1.82, 2.24) is 0 Å². The first-order chi connectivity index (χ1) is 14.1. The molecule has 0 aliphatic heterocycles. The minimum atomic E-state index is -0.624. The second-order valence-electron chi connectivity index (χ2n) is 7.72. The molecule has 0 heterocycles. The molecule has 0 bridgehead atoms.